The third kappa shape index (κ3) is 1.98. The fourth-order valence-electron chi connectivity index (χ4n) is 1.22. The van der Waals surface area contributed by atoms with Crippen molar-refractivity contribution in [3.63, 3.8) is 0 Å². The van der Waals surface area contributed by atoms with Crippen molar-refractivity contribution in [2.75, 3.05) is 14.2 Å². The number of cyclic esters (lactones) is 1. The zero-order valence-electron chi connectivity index (χ0n) is 7.94. The Morgan fingerprint density at radius 1 is 1.69 bits per heavy atom. The Balaban J connectivity index is 2.59. The third-order valence-electron chi connectivity index (χ3n) is 2.21. The van der Waals surface area contributed by atoms with E-state index in [4.69, 9.17) is 4.74 Å². The van der Waals surface area contributed by atoms with Gasteiger partial charge in [-0.3, -0.25) is 14.5 Å². The molecule has 0 amide bonds. The number of carbonyl (C=O) groups excluding carboxylic acids is 2. The van der Waals surface area contributed by atoms with Crippen molar-refractivity contribution in [1.29, 1.82) is 0 Å². The quantitative estimate of drug-likeness (QED) is 0.558. The molecule has 74 valence electrons. The average molecular weight is 187 g/mol. The third-order valence-corrected chi connectivity index (χ3v) is 2.21. The first-order valence-electron chi connectivity index (χ1n) is 4.05. The molecule has 13 heavy (non-hydrogen) atoms. The molecular weight excluding hydrogens is 174 g/mol. The van der Waals surface area contributed by atoms with Gasteiger partial charge < -0.3 is 9.47 Å². The monoisotopic (exact) mass is 187 g/mol. The zero-order valence-corrected chi connectivity index (χ0v) is 7.94. The maximum Gasteiger partial charge on any atom is 0.325 e. The van der Waals surface area contributed by atoms with Crippen LogP contribution in [0, 0.1) is 0 Å². The van der Waals surface area contributed by atoms with Crippen molar-refractivity contribution in [3.8, 4) is 0 Å². The van der Waals surface area contributed by atoms with Crippen molar-refractivity contribution in [2.24, 2.45) is 0 Å². The molecule has 2 unspecified atom stereocenters. The Morgan fingerprint density at radius 2 is 2.31 bits per heavy atom. The van der Waals surface area contributed by atoms with Crippen LogP contribution in [0.4, 0.5) is 0 Å². The molecule has 0 aromatic carbocycles. The summed E-state index contributed by atoms with van der Waals surface area (Å²) in [6, 6.07) is -0.498. The molecule has 5 heteroatoms. The largest absolute Gasteiger partial charge is 0.469 e. The molecule has 0 aromatic heterocycles. The maximum atomic E-state index is 11.2. The van der Waals surface area contributed by atoms with Gasteiger partial charge in [-0.1, -0.05) is 0 Å². The highest BCUT2D eigenvalue weighted by molar-refractivity contribution is 5.83. The van der Waals surface area contributed by atoms with Crippen molar-refractivity contribution >= 4 is 11.9 Å². The lowest BCUT2D eigenvalue weighted by Gasteiger charge is -2.16. The number of hydrogen-bond donors (Lipinski definition) is 0. The average Bonchev–Trinajstić information content (AvgIpc) is 2.32. The van der Waals surface area contributed by atoms with Crippen LogP contribution < -0.4 is 0 Å². The highest BCUT2D eigenvalue weighted by Gasteiger charge is 2.38. The fraction of sp³-hybridized carbons (Fsp3) is 0.750. The SMILES string of the molecule is COC(=O)CC1C(=O)OC(C)N1C. The van der Waals surface area contributed by atoms with Gasteiger partial charge in [0, 0.05) is 0 Å². The lowest BCUT2D eigenvalue weighted by molar-refractivity contribution is -0.147. The van der Waals surface area contributed by atoms with Crippen molar-refractivity contribution in [1.82, 2.24) is 4.90 Å². The molecule has 0 N–H and O–H groups in total. The minimum Gasteiger partial charge on any atom is -0.469 e. The van der Waals surface area contributed by atoms with Crippen LogP contribution in [0.5, 0.6) is 0 Å². The summed E-state index contributed by atoms with van der Waals surface area (Å²) in [6.07, 6.45) is -0.210. The van der Waals surface area contributed by atoms with E-state index in [9.17, 15) is 9.59 Å². The van der Waals surface area contributed by atoms with Gasteiger partial charge in [-0.25, -0.2) is 0 Å². The number of esters is 2. The van der Waals surface area contributed by atoms with E-state index in [-0.39, 0.29) is 18.6 Å². The van der Waals surface area contributed by atoms with Crippen LogP contribution in [0.25, 0.3) is 0 Å². The summed E-state index contributed by atoms with van der Waals surface area (Å²) in [4.78, 5) is 23.8. The van der Waals surface area contributed by atoms with Crippen LogP contribution in [0.15, 0.2) is 0 Å². The normalized spacial score (nSPS) is 28.7. The molecule has 1 aliphatic rings. The predicted molar refractivity (Wildman–Crippen MR) is 43.7 cm³/mol. The Kier molecular flexibility index (Phi) is 2.87. The van der Waals surface area contributed by atoms with Gasteiger partial charge in [0.15, 0.2) is 6.23 Å². The van der Waals surface area contributed by atoms with Crippen molar-refractivity contribution < 1.29 is 19.1 Å². The number of carbonyl (C=O) groups is 2. The molecule has 0 aliphatic carbocycles. The van der Waals surface area contributed by atoms with E-state index in [0.29, 0.717) is 0 Å². The van der Waals surface area contributed by atoms with Gasteiger partial charge >= 0.3 is 11.9 Å². The van der Waals surface area contributed by atoms with E-state index in [1.165, 1.54) is 7.11 Å². The second kappa shape index (κ2) is 3.74. The van der Waals surface area contributed by atoms with Gasteiger partial charge in [0.25, 0.3) is 0 Å². The van der Waals surface area contributed by atoms with Crippen LogP contribution in [0.2, 0.25) is 0 Å². The van der Waals surface area contributed by atoms with Crippen molar-refractivity contribution in [3.05, 3.63) is 0 Å². The lowest BCUT2D eigenvalue weighted by Crippen LogP contribution is -2.35. The van der Waals surface area contributed by atoms with Gasteiger partial charge in [-0.05, 0) is 14.0 Å². The Bertz CT molecular complexity index is 228. The van der Waals surface area contributed by atoms with Gasteiger partial charge in [0.05, 0.1) is 13.5 Å². The number of hydrogen-bond acceptors (Lipinski definition) is 5. The molecule has 0 saturated carbocycles. The molecule has 2 atom stereocenters. The lowest BCUT2D eigenvalue weighted by atomic mass is 10.2. The standard InChI is InChI=1S/C8H13NO4/c1-5-9(2)6(8(11)13-5)4-7(10)12-3/h5-6H,4H2,1-3H3. The second-order valence-electron chi connectivity index (χ2n) is 3.00. The van der Waals surface area contributed by atoms with E-state index < -0.39 is 12.0 Å². The Hall–Kier alpha value is -1.10. The van der Waals surface area contributed by atoms with Crippen LogP contribution in [0.1, 0.15) is 13.3 Å². The molecule has 1 heterocycles. The maximum absolute atomic E-state index is 11.2. The van der Waals surface area contributed by atoms with E-state index in [1.807, 2.05) is 0 Å². The molecule has 0 spiro atoms. The van der Waals surface area contributed by atoms with E-state index in [2.05, 4.69) is 4.74 Å². The molecular formula is C8H13NO4. The van der Waals surface area contributed by atoms with Crippen LogP contribution >= 0.6 is 0 Å². The molecule has 1 saturated heterocycles. The second-order valence-corrected chi connectivity index (χ2v) is 3.00. The number of ether oxygens (including phenoxy) is 2. The summed E-state index contributed by atoms with van der Waals surface area (Å²) in [7, 11) is 3.04. The zero-order chi connectivity index (χ0) is 10.0. The van der Waals surface area contributed by atoms with Gasteiger partial charge in [-0.15, -0.1) is 0 Å². The van der Waals surface area contributed by atoms with Gasteiger partial charge in [0.2, 0.25) is 0 Å². The van der Waals surface area contributed by atoms with Crippen LogP contribution in [-0.2, 0) is 19.1 Å². The number of methoxy groups -OCH3 is 1. The van der Waals surface area contributed by atoms with Crippen molar-refractivity contribution in [2.45, 2.75) is 25.6 Å². The molecule has 1 aliphatic heterocycles. The number of rotatable bonds is 2. The summed E-state index contributed by atoms with van der Waals surface area (Å²) in [5.74, 6) is -0.761. The molecule has 1 fully saturated rings. The van der Waals surface area contributed by atoms with Crippen LogP contribution in [0.3, 0.4) is 0 Å². The van der Waals surface area contributed by atoms with E-state index in [1.54, 1.807) is 18.9 Å². The highest BCUT2D eigenvalue weighted by Crippen LogP contribution is 2.18. The first-order chi connectivity index (χ1) is 6.06. The summed E-state index contributed by atoms with van der Waals surface area (Å²) < 4.78 is 9.38. The first kappa shape index (κ1) is 9.98. The highest BCUT2D eigenvalue weighted by atomic mass is 16.6. The van der Waals surface area contributed by atoms with E-state index >= 15 is 0 Å². The Labute approximate surface area is 76.6 Å². The van der Waals surface area contributed by atoms with Gasteiger partial charge in [0.1, 0.15) is 6.04 Å². The van der Waals surface area contributed by atoms with E-state index in [0.717, 1.165) is 0 Å². The number of likely N-dealkylation sites (N-methyl/N-ethyl adjacent to an activating group) is 1. The predicted octanol–water partition coefficient (Wildman–Crippen LogP) is -0.247. The summed E-state index contributed by atoms with van der Waals surface area (Å²) in [5.41, 5.74) is 0. The number of nitrogens with zero attached hydrogens (tertiary/aromatic N) is 1. The minimum atomic E-state index is -0.498. The first-order valence-corrected chi connectivity index (χ1v) is 4.05. The topological polar surface area (TPSA) is 55.8 Å². The molecule has 0 bridgehead atoms. The molecule has 5 nitrogen and oxygen atoms in total. The minimum absolute atomic E-state index is 0.0518. The molecule has 0 aromatic rings. The van der Waals surface area contributed by atoms with Gasteiger partial charge in [-0.2, -0.15) is 0 Å². The molecule has 1 rings (SSSR count). The molecule has 0 radical (unpaired) electrons. The summed E-state index contributed by atoms with van der Waals surface area (Å²) in [5, 5.41) is 0. The fourth-order valence-corrected chi connectivity index (χ4v) is 1.22. The Morgan fingerprint density at radius 3 is 2.69 bits per heavy atom. The van der Waals surface area contributed by atoms with Crippen LogP contribution in [-0.4, -0.2) is 43.3 Å². The smallest absolute Gasteiger partial charge is 0.325 e. The summed E-state index contributed by atoms with van der Waals surface area (Å²) in [6.45, 7) is 1.76. The summed E-state index contributed by atoms with van der Waals surface area (Å²) >= 11 is 0.